The Hall–Kier alpha value is -2.57. The number of rotatable bonds is 3. The van der Waals surface area contributed by atoms with Gasteiger partial charge in [-0.3, -0.25) is 10.1 Å². The van der Waals surface area contributed by atoms with Crippen molar-refractivity contribution in [1.82, 2.24) is 10.3 Å². The lowest BCUT2D eigenvalue weighted by atomic mass is 10.1. The van der Waals surface area contributed by atoms with Gasteiger partial charge in [0.15, 0.2) is 0 Å². The minimum Gasteiger partial charge on any atom is -0.444 e. The van der Waals surface area contributed by atoms with Gasteiger partial charge in [0, 0.05) is 30.3 Å². The van der Waals surface area contributed by atoms with Gasteiger partial charge in [-0.2, -0.15) is 0 Å². The molecule has 1 aromatic carbocycles. The Morgan fingerprint density at radius 3 is 2.76 bits per heavy atom. The molecule has 0 unspecified atom stereocenters. The maximum atomic E-state index is 11.6. The van der Waals surface area contributed by atoms with Gasteiger partial charge in [0.25, 0.3) is 5.69 Å². The number of non-ortho nitro benzene ring substituents is 1. The van der Waals surface area contributed by atoms with Gasteiger partial charge in [0.2, 0.25) is 0 Å². The van der Waals surface area contributed by atoms with E-state index in [-0.39, 0.29) is 12.2 Å². The van der Waals surface area contributed by atoms with E-state index in [0.29, 0.717) is 5.52 Å². The van der Waals surface area contributed by atoms with E-state index in [1.807, 2.05) is 0 Å². The number of alkyl carbamates (subject to hydrolysis) is 1. The number of nitrogens with zero attached hydrogens (tertiary/aromatic N) is 1. The minimum absolute atomic E-state index is 0.0241. The molecule has 21 heavy (non-hydrogen) atoms. The predicted octanol–water partition coefficient (Wildman–Crippen LogP) is 3.10. The third-order valence-electron chi connectivity index (χ3n) is 2.78. The highest BCUT2D eigenvalue weighted by atomic mass is 16.6. The largest absolute Gasteiger partial charge is 0.444 e. The van der Waals surface area contributed by atoms with Crippen LogP contribution in [0.3, 0.4) is 0 Å². The van der Waals surface area contributed by atoms with E-state index in [2.05, 4.69) is 10.3 Å². The lowest BCUT2D eigenvalue weighted by Crippen LogP contribution is -2.32. The quantitative estimate of drug-likeness (QED) is 0.670. The van der Waals surface area contributed by atoms with Crippen LogP contribution in [0.5, 0.6) is 0 Å². The SMILES string of the molecule is CC(C)(C)OC(=O)NCc1c[nH]c2cc([N+](=O)[O-])ccc12. The van der Waals surface area contributed by atoms with Crippen molar-refractivity contribution >= 4 is 22.7 Å². The van der Waals surface area contributed by atoms with Crippen LogP contribution in [0.4, 0.5) is 10.5 Å². The van der Waals surface area contributed by atoms with Gasteiger partial charge in [-0.05, 0) is 32.4 Å². The number of hydrogen-bond acceptors (Lipinski definition) is 4. The zero-order chi connectivity index (χ0) is 15.6. The number of carbonyl (C=O) groups is 1. The standard InChI is InChI=1S/C14H17N3O4/c1-14(2,3)21-13(18)16-8-9-7-15-12-6-10(17(19)20)4-5-11(9)12/h4-7,15H,8H2,1-3H3,(H,16,18). The van der Waals surface area contributed by atoms with E-state index in [1.165, 1.54) is 12.1 Å². The molecule has 0 saturated heterocycles. The molecule has 112 valence electrons. The van der Waals surface area contributed by atoms with E-state index in [1.54, 1.807) is 33.0 Å². The van der Waals surface area contributed by atoms with Crippen molar-refractivity contribution in [2.24, 2.45) is 0 Å². The second kappa shape index (κ2) is 5.43. The Bertz CT molecular complexity index is 685. The van der Waals surface area contributed by atoms with Crippen LogP contribution in [0, 0.1) is 10.1 Å². The Balaban J connectivity index is 2.10. The maximum absolute atomic E-state index is 11.6. The van der Waals surface area contributed by atoms with Crippen LogP contribution in [0.15, 0.2) is 24.4 Å². The summed E-state index contributed by atoms with van der Waals surface area (Å²) in [6, 6.07) is 4.57. The third kappa shape index (κ3) is 3.71. The smallest absolute Gasteiger partial charge is 0.407 e. The molecular formula is C14H17N3O4. The van der Waals surface area contributed by atoms with Crippen molar-refractivity contribution in [1.29, 1.82) is 0 Å². The highest BCUT2D eigenvalue weighted by Gasteiger charge is 2.16. The van der Waals surface area contributed by atoms with Crippen LogP contribution in [0.25, 0.3) is 10.9 Å². The summed E-state index contributed by atoms with van der Waals surface area (Å²) >= 11 is 0. The number of fused-ring (bicyclic) bond motifs is 1. The number of H-pyrrole nitrogens is 1. The zero-order valence-electron chi connectivity index (χ0n) is 12.1. The molecule has 1 aromatic heterocycles. The molecule has 1 heterocycles. The number of benzene rings is 1. The van der Waals surface area contributed by atoms with Gasteiger partial charge in [0.05, 0.1) is 10.4 Å². The van der Waals surface area contributed by atoms with Crippen molar-refractivity contribution in [3.63, 3.8) is 0 Å². The van der Waals surface area contributed by atoms with Crippen LogP contribution in [-0.4, -0.2) is 21.6 Å². The Morgan fingerprint density at radius 2 is 2.14 bits per heavy atom. The number of carbonyl (C=O) groups excluding carboxylic acids is 1. The van der Waals surface area contributed by atoms with Crippen LogP contribution in [0.1, 0.15) is 26.3 Å². The third-order valence-corrected chi connectivity index (χ3v) is 2.78. The Kier molecular flexibility index (Phi) is 3.84. The fraction of sp³-hybridized carbons (Fsp3) is 0.357. The molecule has 0 aliphatic heterocycles. The van der Waals surface area contributed by atoms with Crippen LogP contribution in [-0.2, 0) is 11.3 Å². The molecule has 0 bridgehead atoms. The molecule has 0 radical (unpaired) electrons. The molecular weight excluding hydrogens is 274 g/mol. The lowest BCUT2D eigenvalue weighted by Gasteiger charge is -2.19. The second-order valence-electron chi connectivity index (χ2n) is 5.66. The van der Waals surface area contributed by atoms with Crippen molar-refractivity contribution in [2.75, 3.05) is 0 Å². The van der Waals surface area contributed by atoms with Crippen LogP contribution >= 0.6 is 0 Å². The number of amides is 1. The molecule has 0 saturated carbocycles. The van der Waals surface area contributed by atoms with E-state index in [9.17, 15) is 14.9 Å². The molecule has 2 N–H and O–H groups in total. The van der Waals surface area contributed by atoms with Gasteiger partial charge >= 0.3 is 6.09 Å². The number of nitro groups is 1. The average Bonchev–Trinajstić information content (AvgIpc) is 2.76. The zero-order valence-corrected chi connectivity index (χ0v) is 12.1. The molecule has 7 nitrogen and oxygen atoms in total. The van der Waals surface area contributed by atoms with Crippen molar-refractivity contribution in [2.45, 2.75) is 32.9 Å². The average molecular weight is 291 g/mol. The molecule has 0 fully saturated rings. The fourth-order valence-corrected chi connectivity index (χ4v) is 1.92. The van der Waals surface area contributed by atoms with Crippen molar-refractivity contribution in [3.05, 3.63) is 40.1 Å². The molecule has 0 aliphatic rings. The van der Waals surface area contributed by atoms with Gasteiger partial charge in [-0.1, -0.05) is 0 Å². The van der Waals surface area contributed by atoms with Crippen molar-refractivity contribution < 1.29 is 14.5 Å². The summed E-state index contributed by atoms with van der Waals surface area (Å²) in [5.74, 6) is 0. The molecule has 0 aliphatic carbocycles. The number of aromatic nitrogens is 1. The molecule has 1 amide bonds. The molecule has 7 heteroatoms. The van der Waals surface area contributed by atoms with Crippen molar-refractivity contribution in [3.8, 4) is 0 Å². The first-order chi connectivity index (χ1) is 9.76. The topological polar surface area (TPSA) is 97.3 Å². The number of nitrogens with one attached hydrogen (secondary N) is 2. The number of aromatic amines is 1. The summed E-state index contributed by atoms with van der Waals surface area (Å²) in [5, 5.41) is 14.2. The first-order valence-electron chi connectivity index (χ1n) is 6.47. The maximum Gasteiger partial charge on any atom is 0.407 e. The number of hydrogen-bond donors (Lipinski definition) is 2. The predicted molar refractivity (Wildman–Crippen MR) is 78.0 cm³/mol. The first-order valence-corrected chi connectivity index (χ1v) is 6.47. The fourth-order valence-electron chi connectivity index (χ4n) is 1.92. The summed E-state index contributed by atoms with van der Waals surface area (Å²) in [4.78, 5) is 24.8. The van der Waals surface area contributed by atoms with E-state index < -0.39 is 16.6 Å². The highest BCUT2D eigenvalue weighted by molar-refractivity contribution is 5.85. The Morgan fingerprint density at radius 1 is 1.43 bits per heavy atom. The van der Waals surface area contributed by atoms with E-state index in [4.69, 9.17) is 4.74 Å². The molecule has 0 spiro atoms. The Labute approximate surface area is 121 Å². The number of ether oxygens (including phenoxy) is 1. The molecule has 0 atom stereocenters. The minimum atomic E-state index is -0.551. The summed E-state index contributed by atoms with van der Waals surface area (Å²) < 4.78 is 5.15. The second-order valence-corrected chi connectivity index (χ2v) is 5.66. The van der Waals surface area contributed by atoms with Crippen LogP contribution < -0.4 is 5.32 Å². The van der Waals surface area contributed by atoms with Gasteiger partial charge in [0.1, 0.15) is 5.60 Å². The molecule has 2 rings (SSSR count). The van der Waals surface area contributed by atoms with Gasteiger partial charge in [-0.25, -0.2) is 4.79 Å². The first kappa shape index (κ1) is 14.8. The summed E-state index contributed by atoms with van der Waals surface area (Å²) in [6.07, 6.45) is 1.21. The highest BCUT2D eigenvalue weighted by Crippen LogP contribution is 2.23. The normalized spacial score (nSPS) is 11.4. The van der Waals surface area contributed by atoms with E-state index in [0.717, 1.165) is 10.9 Å². The lowest BCUT2D eigenvalue weighted by molar-refractivity contribution is -0.384. The molecule has 2 aromatic rings. The van der Waals surface area contributed by atoms with Gasteiger partial charge < -0.3 is 15.0 Å². The van der Waals surface area contributed by atoms with Crippen LogP contribution in [0.2, 0.25) is 0 Å². The number of nitro benzene ring substituents is 1. The summed E-state index contributed by atoms with van der Waals surface area (Å²) in [6.45, 7) is 5.65. The van der Waals surface area contributed by atoms with E-state index >= 15 is 0 Å². The monoisotopic (exact) mass is 291 g/mol. The summed E-state index contributed by atoms with van der Waals surface area (Å²) in [7, 11) is 0. The summed E-state index contributed by atoms with van der Waals surface area (Å²) in [5.41, 5.74) is 0.970. The van der Waals surface area contributed by atoms with Gasteiger partial charge in [-0.15, -0.1) is 0 Å².